The first-order valence-corrected chi connectivity index (χ1v) is 7.52. The number of aromatic nitrogens is 1. The maximum absolute atomic E-state index is 12.8. The van der Waals surface area contributed by atoms with Crippen molar-refractivity contribution in [3.8, 4) is 0 Å². The quantitative estimate of drug-likeness (QED) is 0.852. The number of hydrogen-bond acceptors (Lipinski definition) is 4. The molecular formula is C15H15FN2O3S. The van der Waals surface area contributed by atoms with Gasteiger partial charge in [0.2, 0.25) is 5.91 Å². The number of nitrogens with zero attached hydrogens (tertiary/aromatic N) is 1. The number of halogens is 1. The van der Waals surface area contributed by atoms with E-state index in [0.29, 0.717) is 12.1 Å². The van der Waals surface area contributed by atoms with Crippen LogP contribution in [-0.2, 0) is 22.4 Å². The maximum Gasteiger partial charge on any atom is 0.325 e. The predicted molar refractivity (Wildman–Crippen MR) is 80.3 cm³/mol. The van der Waals surface area contributed by atoms with Gasteiger partial charge in [0, 0.05) is 11.8 Å². The Hall–Kier alpha value is -2.28. The van der Waals surface area contributed by atoms with Crippen molar-refractivity contribution in [3.05, 3.63) is 51.7 Å². The van der Waals surface area contributed by atoms with E-state index in [1.165, 1.54) is 30.4 Å². The van der Waals surface area contributed by atoms with Crippen LogP contribution in [0.5, 0.6) is 0 Å². The molecule has 5 nitrogen and oxygen atoms in total. The SMILES string of the molecule is C[C@H](NC(=O)Cc1csc(Cc2ccc(F)cc2)n1)C(=O)O. The lowest BCUT2D eigenvalue weighted by atomic mass is 10.1. The zero-order valence-electron chi connectivity index (χ0n) is 11.9. The highest BCUT2D eigenvalue weighted by Gasteiger charge is 2.15. The number of thiazole rings is 1. The Kier molecular flexibility index (Phi) is 5.21. The Morgan fingerprint density at radius 2 is 2.05 bits per heavy atom. The van der Waals surface area contributed by atoms with E-state index in [4.69, 9.17) is 5.11 Å². The van der Waals surface area contributed by atoms with Crippen molar-refractivity contribution in [1.82, 2.24) is 10.3 Å². The molecule has 0 saturated carbocycles. The minimum Gasteiger partial charge on any atom is -0.480 e. The topological polar surface area (TPSA) is 79.3 Å². The van der Waals surface area contributed by atoms with Crippen molar-refractivity contribution in [2.24, 2.45) is 0 Å². The molecule has 2 N–H and O–H groups in total. The molecule has 1 heterocycles. The average Bonchev–Trinajstić information content (AvgIpc) is 2.88. The fraction of sp³-hybridized carbons (Fsp3) is 0.267. The second-order valence-electron chi connectivity index (χ2n) is 4.84. The number of amides is 1. The van der Waals surface area contributed by atoms with Gasteiger partial charge in [-0.15, -0.1) is 11.3 Å². The Balaban J connectivity index is 1.92. The first-order valence-electron chi connectivity index (χ1n) is 6.64. The van der Waals surface area contributed by atoms with Crippen LogP contribution >= 0.6 is 11.3 Å². The number of carboxylic acid groups (broad SMARTS) is 1. The number of benzene rings is 1. The molecule has 7 heteroatoms. The van der Waals surface area contributed by atoms with Crippen LogP contribution in [0.1, 0.15) is 23.2 Å². The average molecular weight is 322 g/mol. The largest absolute Gasteiger partial charge is 0.480 e. The van der Waals surface area contributed by atoms with E-state index in [2.05, 4.69) is 10.3 Å². The fourth-order valence-electron chi connectivity index (χ4n) is 1.81. The summed E-state index contributed by atoms with van der Waals surface area (Å²) in [6, 6.07) is 5.25. The summed E-state index contributed by atoms with van der Waals surface area (Å²) in [7, 11) is 0. The second kappa shape index (κ2) is 7.13. The van der Waals surface area contributed by atoms with Crippen molar-refractivity contribution >= 4 is 23.2 Å². The number of rotatable bonds is 6. The number of hydrogen-bond donors (Lipinski definition) is 2. The molecule has 1 aromatic heterocycles. The predicted octanol–water partition coefficient (Wildman–Crippen LogP) is 2.00. The molecule has 0 spiro atoms. The summed E-state index contributed by atoms with van der Waals surface area (Å²) in [5.41, 5.74) is 1.53. The van der Waals surface area contributed by atoms with Crippen LogP contribution in [0.4, 0.5) is 4.39 Å². The normalized spacial score (nSPS) is 11.9. The van der Waals surface area contributed by atoms with E-state index >= 15 is 0 Å². The van der Waals surface area contributed by atoms with Crippen LogP contribution in [0.2, 0.25) is 0 Å². The van der Waals surface area contributed by atoms with Crippen molar-refractivity contribution in [2.45, 2.75) is 25.8 Å². The molecule has 116 valence electrons. The summed E-state index contributed by atoms with van der Waals surface area (Å²) in [6.07, 6.45) is 0.607. The zero-order chi connectivity index (χ0) is 16.1. The summed E-state index contributed by atoms with van der Waals surface area (Å²) in [4.78, 5) is 26.7. The van der Waals surface area contributed by atoms with Crippen molar-refractivity contribution in [1.29, 1.82) is 0 Å². The van der Waals surface area contributed by atoms with Crippen LogP contribution in [0.3, 0.4) is 0 Å². The Labute approximate surface area is 130 Å². The van der Waals surface area contributed by atoms with Crippen LogP contribution in [0, 0.1) is 5.82 Å². The number of carboxylic acids is 1. The Morgan fingerprint density at radius 1 is 1.36 bits per heavy atom. The van der Waals surface area contributed by atoms with Crippen molar-refractivity contribution in [2.75, 3.05) is 0 Å². The van der Waals surface area contributed by atoms with E-state index in [1.54, 1.807) is 17.5 Å². The van der Waals surface area contributed by atoms with Crippen LogP contribution in [0.25, 0.3) is 0 Å². The lowest BCUT2D eigenvalue weighted by molar-refractivity contribution is -0.141. The highest BCUT2D eigenvalue weighted by molar-refractivity contribution is 7.09. The highest BCUT2D eigenvalue weighted by atomic mass is 32.1. The smallest absolute Gasteiger partial charge is 0.325 e. The van der Waals surface area contributed by atoms with Gasteiger partial charge < -0.3 is 10.4 Å². The van der Waals surface area contributed by atoms with Gasteiger partial charge in [-0.25, -0.2) is 9.37 Å². The van der Waals surface area contributed by atoms with Gasteiger partial charge in [-0.2, -0.15) is 0 Å². The van der Waals surface area contributed by atoms with Gasteiger partial charge in [-0.3, -0.25) is 9.59 Å². The van der Waals surface area contributed by atoms with Crippen LogP contribution in [0.15, 0.2) is 29.6 Å². The summed E-state index contributed by atoms with van der Waals surface area (Å²) in [5, 5.41) is 13.7. The molecule has 0 unspecified atom stereocenters. The highest BCUT2D eigenvalue weighted by Crippen LogP contribution is 2.15. The Morgan fingerprint density at radius 3 is 2.68 bits per heavy atom. The lowest BCUT2D eigenvalue weighted by Gasteiger charge is -2.07. The number of nitrogens with one attached hydrogen (secondary N) is 1. The molecule has 0 aliphatic rings. The third kappa shape index (κ3) is 4.63. The summed E-state index contributed by atoms with van der Waals surface area (Å²) in [6.45, 7) is 1.40. The van der Waals surface area contributed by atoms with Crippen LogP contribution in [-0.4, -0.2) is 28.0 Å². The molecule has 1 aromatic carbocycles. The van der Waals surface area contributed by atoms with Gasteiger partial charge in [0.15, 0.2) is 0 Å². The van der Waals surface area contributed by atoms with E-state index in [1.807, 2.05) is 0 Å². The van der Waals surface area contributed by atoms with E-state index in [-0.39, 0.29) is 18.1 Å². The Bertz CT molecular complexity index is 670. The number of carbonyl (C=O) groups excluding carboxylic acids is 1. The monoisotopic (exact) mass is 322 g/mol. The number of carbonyl (C=O) groups is 2. The standard InChI is InChI=1S/C15H15FN2O3S/c1-9(15(20)21)17-13(19)7-12-8-22-14(18-12)6-10-2-4-11(16)5-3-10/h2-5,8-9H,6-7H2,1H3,(H,17,19)(H,20,21)/t9-/m0/s1. The molecule has 22 heavy (non-hydrogen) atoms. The minimum absolute atomic E-state index is 0.0392. The molecule has 0 bridgehead atoms. The lowest BCUT2D eigenvalue weighted by Crippen LogP contribution is -2.39. The third-order valence-corrected chi connectivity index (χ3v) is 3.86. The zero-order valence-corrected chi connectivity index (χ0v) is 12.7. The molecule has 0 saturated heterocycles. The van der Waals surface area contributed by atoms with E-state index in [9.17, 15) is 14.0 Å². The summed E-state index contributed by atoms with van der Waals surface area (Å²) >= 11 is 1.41. The third-order valence-electron chi connectivity index (χ3n) is 2.96. The summed E-state index contributed by atoms with van der Waals surface area (Å²) in [5.74, 6) is -1.75. The molecule has 1 atom stereocenters. The van der Waals surface area contributed by atoms with Gasteiger partial charge in [0.25, 0.3) is 0 Å². The van der Waals surface area contributed by atoms with Gasteiger partial charge in [-0.1, -0.05) is 12.1 Å². The number of aliphatic carboxylic acids is 1. The van der Waals surface area contributed by atoms with Gasteiger partial charge >= 0.3 is 5.97 Å². The first-order chi connectivity index (χ1) is 10.4. The van der Waals surface area contributed by atoms with Gasteiger partial charge in [0.05, 0.1) is 17.1 Å². The molecule has 2 aromatic rings. The molecule has 0 aliphatic heterocycles. The minimum atomic E-state index is -1.08. The van der Waals surface area contributed by atoms with E-state index < -0.39 is 12.0 Å². The molecule has 0 fully saturated rings. The van der Waals surface area contributed by atoms with Gasteiger partial charge in [0.1, 0.15) is 11.9 Å². The maximum atomic E-state index is 12.8. The van der Waals surface area contributed by atoms with Crippen molar-refractivity contribution in [3.63, 3.8) is 0 Å². The van der Waals surface area contributed by atoms with E-state index in [0.717, 1.165) is 10.6 Å². The van der Waals surface area contributed by atoms with Crippen LogP contribution < -0.4 is 5.32 Å². The van der Waals surface area contributed by atoms with Crippen molar-refractivity contribution < 1.29 is 19.1 Å². The van der Waals surface area contributed by atoms with Gasteiger partial charge in [-0.05, 0) is 24.6 Å². The molecule has 0 radical (unpaired) electrons. The second-order valence-corrected chi connectivity index (χ2v) is 5.78. The summed E-state index contributed by atoms with van der Waals surface area (Å²) < 4.78 is 12.8. The molecule has 0 aliphatic carbocycles. The fourth-order valence-corrected chi connectivity index (χ4v) is 2.64. The first kappa shape index (κ1) is 16.1. The molecular weight excluding hydrogens is 307 g/mol. The molecule has 2 rings (SSSR count). The molecule has 1 amide bonds.